The Bertz CT molecular complexity index is 390. The van der Waals surface area contributed by atoms with Crippen LogP contribution in [-0.4, -0.2) is 12.6 Å². The Morgan fingerprint density at radius 2 is 2.17 bits per heavy atom. The highest BCUT2D eigenvalue weighted by atomic mass is 79.9. The molecule has 2 rings (SSSR count). The normalized spacial score (nSPS) is 16.8. The van der Waals surface area contributed by atoms with E-state index in [2.05, 4.69) is 28.2 Å². The van der Waals surface area contributed by atoms with E-state index >= 15 is 0 Å². The van der Waals surface area contributed by atoms with Gasteiger partial charge in [-0.25, -0.2) is 4.39 Å². The van der Waals surface area contributed by atoms with Crippen molar-refractivity contribution in [3.05, 3.63) is 34.1 Å². The largest absolute Gasteiger partial charge is 0.314 e. The third-order valence-electron chi connectivity index (χ3n) is 3.56. The zero-order chi connectivity index (χ0) is 13.0. The van der Waals surface area contributed by atoms with E-state index in [1.165, 1.54) is 31.2 Å². The first-order valence-electron chi connectivity index (χ1n) is 6.82. The number of halogens is 2. The molecule has 0 heterocycles. The molecule has 100 valence electrons. The molecule has 0 radical (unpaired) electrons. The number of hydrogen-bond donors (Lipinski definition) is 1. The van der Waals surface area contributed by atoms with Crippen molar-refractivity contribution < 1.29 is 4.39 Å². The third kappa shape index (κ3) is 4.69. The van der Waals surface area contributed by atoms with Crippen molar-refractivity contribution in [1.82, 2.24) is 5.32 Å². The van der Waals surface area contributed by atoms with Crippen LogP contribution in [0, 0.1) is 11.7 Å². The lowest BCUT2D eigenvalue weighted by molar-refractivity contribution is 0.469. The summed E-state index contributed by atoms with van der Waals surface area (Å²) in [4.78, 5) is 0. The smallest absolute Gasteiger partial charge is 0.137 e. The lowest BCUT2D eigenvalue weighted by atomic mass is 9.98. The summed E-state index contributed by atoms with van der Waals surface area (Å²) in [6, 6.07) is 6.13. The first-order valence-corrected chi connectivity index (χ1v) is 7.62. The molecule has 0 amide bonds. The van der Waals surface area contributed by atoms with E-state index in [1.54, 1.807) is 6.07 Å². The van der Waals surface area contributed by atoms with Crippen LogP contribution in [0.3, 0.4) is 0 Å². The van der Waals surface area contributed by atoms with Crippen LogP contribution in [0.25, 0.3) is 0 Å². The van der Waals surface area contributed by atoms with Gasteiger partial charge in [0.05, 0.1) is 4.47 Å². The van der Waals surface area contributed by atoms with Gasteiger partial charge in [-0.2, -0.15) is 0 Å². The number of benzene rings is 1. The number of rotatable bonds is 7. The molecular formula is C15H21BrFN. The number of hydrogen-bond acceptors (Lipinski definition) is 1. The summed E-state index contributed by atoms with van der Waals surface area (Å²) in [7, 11) is 0. The van der Waals surface area contributed by atoms with Gasteiger partial charge in [0.25, 0.3) is 0 Å². The molecule has 0 bridgehead atoms. The molecule has 18 heavy (non-hydrogen) atoms. The summed E-state index contributed by atoms with van der Waals surface area (Å²) in [6.45, 7) is 3.44. The first kappa shape index (κ1) is 14.0. The maximum atomic E-state index is 13.1. The Morgan fingerprint density at radius 3 is 2.83 bits per heavy atom. The van der Waals surface area contributed by atoms with Crippen molar-refractivity contribution in [3.63, 3.8) is 0 Å². The van der Waals surface area contributed by atoms with Crippen LogP contribution in [-0.2, 0) is 6.42 Å². The Morgan fingerprint density at radius 1 is 1.39 bits per heavy atom. The fourth-order valence-electron chi connectivity index (χ4n) is 2.07. The zero-order valence-corrected chi connectivity index (χ0v) is 12.5. The maximum absolute atomic E-state index is 13.1. The fourth-order valence-corrected chi connectivity index (χ4v) is 2.50. The van der Waals surface area contributed by atoms with E-state index in [4.69, 9.17) is 0 Å². The Labute approximate surface area is 117 Å². The Balaban J connectivity index is 1.67. The summed E-state index contributed by atoms with van der Waals surface area (Å²) >= 11 is 3.23. The number of aryl methyl sites for hydroxylation is 1. The summed E-state index contributed by atoms with van der Waals surface area (Å²) in [6.07, 6.45) is 6.16. The highest BCUT2D eigenvalue weighted by Crippen LogP contribution is 2.21. The molecule has 1 saturated carbocycles. The van der Waals surface area contributed by atoms with Crippen molar-refractivity contribution in [2.45, 2.75) is 45.1 Å². The Kier molecular flexibility index (Phi) is 5.19. The monoisotopic (exact) mass is 313 g/mol. The summed E-state index contributed by atoms with van der Waals surface area (Å²) < 4.78 is 13.7. The van der Waals surface area contributed by atoms with Crippen LogP contribution >= 0.6 is 15.9 Å². The molecule has 0 aromatic heterocycles. The van der Waals surface area contributed by atoms with E-state index in [1.807, 2.05) is 12.1 Å². The third-order valence-corrected chi connectivity index (χ3v) is 4.17. The van der Waals surface area contributed by atoms with Gasteiger partial charge >= 0.3 is 0 Å². The standard InChI is InChI=1S/C15H21BrFN/c1-11(8-9-18-13-5-6-13)2-3-12-4-7-15(17)14(16)10-12/h4,7,10-11,13,18H,2-3,5-6,8-9H2,1H3. The van der Waals surface area contributed by atoms with Crippen molar-refractivity contribution in [1.29, 1.82) is 0 Å². The Hall–Kier alpha value is -0.410. The van der Waals surface area contributed by atoms with E-state index in [0.29, 0.717) is 4.47 Å². The molecule has 1 atom stereocenters. The minimum absolute atomic E-state index is 0.180. The molecule has 0 saturated heterocycles. The summed E-state index contributed by atoms with van der Waals surface area (Å²) in [5, 5.41) is 3.55. The van der Waals surface area contributed by atoms with Gasteiger partial charge in [0, 0.05) is 6.04 Å². The predicted molar refractivity (Wildman–Crippen MR) is 77.2 cm³/mol. The van der Waals surface area contributed by atoms with Gasteiger partial charge in [-0.1, -0.05) is 13.0 Å². The molecule has 1 nitrogen and oxygen atoms in total. The zero-order valence-electron chi connectivity index (χ0n) is 10.9. The van der Waals surface area contributed by atoms with Crippen LogP contribution in [0.1, 0.15) is 38.2 Å². The van der Waals surface area contributed by atoms with Gasteiger partial charge in [0.1, 0.15) is 5.82 Å². The van der Waals surface area contributed by atoms with Gasteiger partial charge < -0.3 is 5.32 Å². The summed E-state index contributed by atoms with van der Waals surface area (Å²) in [5.74, 6) is 0.542. The van der Waals surface area contributed by atoms with Crippen molar-refractivity contribution >= 4 is 15.9 Å². The van der Waals surface area contributed by atoms with Crippen LogP contribution < -0.4 is 5.32 Å². The minimum Gasteiger partial charge on any atom is -0.314 e. The van der Waals surface area contributed by atoms with Crippen molar-refractivity contribution in [2.24, 2.45) is 5.92 Å². The van der Waals surface area contributed by atoms with Crippen LogP contribution in [0.5, 0.6) is 0 Å². The second kappa shape index (κ2) is 6.67. The highest BCUT2D eigenvalue weighted by Gasteiger charge is 2.19. The molecule has 1 aromatic rings. The van der Waals surface area contributed by atoms with Crippen molar-refractivity contribution in [2.75, 3.05) is 6.54 Å². The van der Waals surface area contributed by atoms with E-state index < -0.39 is 0 Å². The van der Waals surface area contributed by atoms with Crippen LogP contribution in [0.4, 0.5) is 4.39 Å². The van der Waals surface area contributed by atoms with Gasteiger partial charge in [-0.05, 0) is 78.2 Å². The highest BCUT2D eigenvalue weighted by molar-refractivity contribution is 9.10. The SMILES string of the molecule is CC(CCNC1CC1)CCc1ccc(F)c(Br)c1. The average Bonchev–Trinajstić information content (AvgIpc) is 3.15. The minimum atomic E-state index is -0.180. The average molecular weight is 314 g/mol. The molecule has 3 heteroatoms. The van der Waals surface area contributed by atoms with Crippen LogP contribution in [0.2, 0.25) is 0 Å². The van der Waals surface area contributed by atoms with Gasteiger partial charge in [0.15, 0.2) is 0 Å². The number of nitrogens with one attached hydrogen (secondary N) is 1. The lowest BCUT2D eigenvalue weighted by Gasteiger charge is -2.12. The summed E-state index contributed by atoms with van der Waals surface area (Å²) in [5.41, 5.74) is 1.21. The second-order valence-electron chi connectivity index (χ2n) is 5.41. The predicted octanol–water partition coefficient (Wildman–Crippen LogP) is 4.30. The van der Waals surface area contributed by atoms with E-state index in [-0.39, 0.29) is 5.82 Å². The van der Waals surface area contributed by atoms with Gasteiger partial charge in [-0.15, -0.1) is 0 Å². The molecule has 1 fully saturated rings. The molecule has 1 aliphatic carbocycles. The van der Waals surface area contributed by atoms with E-state index in [0.717, 1.165) is 24.9 Å². The van der Waals surface area contributed by atoms with Crippen molar-refractivity contribution in [3.8, 4) is 0 Å². The molecule has 0 aliphatic heterocycles. The molecule has 1 aliphatic rings. The fraction of sp³-hybridized carbons (Fsp3) is 0.600. The molecule has 1 aromatic carbocycles. The topological polar surface area (TPSA) is 12.0 Å². The maximum Gasteiger partial charge on any atom is 0.137 e. The van der Waals surface area contributed by atoms with Crippen LogP contribution in [0.15, 0.2) is 22.7 Å². The molecular weight excluding hydrogens is 293 g/mol. The lowest BCUT2D eigenvalue weighted by Crippen LogP contribution is -2.19. The van der Waals surface area contributed by atoms with E-state index in [9.17, 15) is 4.39 Å². The quantitative estimate of drug-likeness (QED) is 0.791. The second-order valence-corrected chi connectivity index (χ2v) is 6.26. The van der Waals surface area contributed by atoms with Gasteiger partial charge in [0.2, 0.25) is 0 Å². The van der Waals surface area contributed by atoms with Gasteiger partial charge in [-0.3, -0.25) is 0 Å². The first-order chi connectivity index (χ1) is 8.65. The molecule has 0 spiro atoms. The molecule has 1 unspecified atom stereocenters. The molecule has 1 N–H and O–H groups in total.